The fraction of sp³-hybridized carbons (Fsp3) is 0.250. The minimum Gasteiger partial charge on any atom is -0.486 e. The van der Waals surface area contributed by atoms with Crippen LogP contribution in [-0.2, 0) is 4.79 Å². The Morgan fingerprint density at radius 3 is 2.59 bits per heavy atom. The molecule has 2 N–H and O–H groups in total. The molecule has 0 unspecified atom stereocenters. The molecule has 7 heteroatoms. The first kappa shape index (κ1) is 18.4. The molecule has 1 aliphatic rings. The van der Waals surface area contributed by atoms with Gasteiger partial charge in [-0.05, 0) is 37.6 Å². The van der Waals surface area contributed by atoms with Crippen LogP contribution in [0.2, 0.25) is 0 Å². The number of amides is 2. The molecular formula is C20H21N3O4. The van der Waals surface area contributed by atoms with E-state index >= 15 is 0 Å². The van der Waals surface area contributed by atoms with Crippen LogP contribution in [0.1, 0.15) is 29.3 Å². The second-order valence-corrected chi connectivity index (χ2v) is 6.19. The lowest BCUT2D eigenvalue weighted by Crippen LogP contribution is -2.22. The van der Waals surface area contributed by atoms with Gasteiger partial charge in [0.05, 0.1) is 6.42 Å². The summed E-state index contributed by atoms with van der Waals surface area (Å²) in [5.74, 6) is 0.726. The van der Waals surface area contributed by atoms with Crippen LogP contribution in [0.15, 0.2) is 47.6 Å². The van der Waals surface area contributed by atoms with Gasteiger partial charge >= 0.3 is 0 Å². The molecule has 140 valence electrons. The zero-order valence-corrected chi connectivity index (χ0v) is 15.2. The van der Waals surface area contributed by atoms with Crippen LogP contribution in [0.25, 0.3) is 0 Å². The Bertz CT molecular complexity index is 893. The molecule has 1 heterocycles. The molecule has 27 heavy (non-hydrogen) atoms. The van der Waals surface area contributed by atoms with E-state index in [1.807, 2.05) is 19.1 Å². The summed E-state index contributed by atoms with van der Waals surface area (Å²) >= 11 is 0. The van der Waals surface area contributed by atoms with Crippen LogP contribution in [0.5, 0.6) is 11.5 Å². The van der Waals surface area contributed by atoms with Gasteiger partial charge in [-0.1, -0.05) is 18.2 Å². The van der Waals surface area contributed by atoms with Crippen molar-refractivity contribution in [3.8, 4) is 11.5 Å². The highest BCUT2D eigenvalue weighted by atomic mass is 16.6. The zero-order valence-electron chi connectivity index (χ0n) is 15.2. The normalized spacial score (nSPS) is 13.0. The van der Waals surface area contributed by atoms with E-state index in [1.54, 1.807) is 37.3 Å². The molecule has 0 atom stereocenters. The molecule has 2 aromatic rings. The lowest BCUT2D eigenvalue weighted by atomic mass is 10.1. The lowest BCUT2D eigenvalue weighted by molar-refractivity contribution is -0.115. The number of hydrogen-bond donors (Lipinski definition) is 2. The number of nitrogens with one attached hydrogen (secondary N) is 2. The molecule has 0 aromatic heterocycles. The van der Waals surface area contributed by atoms with Gasteiger partial charge in [-0.25, -0.2) is 5.43 Å². The summed E-state index contributed by atoms with van der Waals surface area (Å²) in [5.41, 5.74) is 5.00. The maximum atomic E-state index is 12.2. The molecule has 3 rings (SSSR count). The maximum absolute atomic E-state index is 12.2. The van der Waals surface area contributed by atoms with Crippen molar-refractivity contribution in [2.75, 3.05) is 18.5 Å². The number of anilines is 1. The van der Waals surface area contributed by atoms with Gasteiger partial charge in [-0.3, -0.25) is 9.59 Å². The summed E-state index contributed by atoms with van der Waals surface area (Å²) in [6.07, 6.45) is 0.0580. The summed E-state index contributed by atoms with van der Waals surface area (Å²) in [5, 5.41) is 6.79. The number of nitrogens with zero attached hydrogens (tertiary/aromatic N) is 1. The summed E-state index contributed by atoms with van der Waals surface area (Å²) in [6, 6.07) is 12.5. The van der Waals surface area contributed by atoms with E-state index in [1.165, 1.54) is 0 Å². The highest BCUT2D eigenvalue weighted by molar-refractivity contribution is 6.06. The first-order chi connectivity index (χ1) is 13.0. The molecule has 0 spiro atoms. The first-order valence-corrected chi connectivity index (χ1v) is 8.61. The molecule has 1 aliphatic heterocycles. The van der Waals surface area contributed by atoms with Crippen molar-refractivity contribution < 1.29 is 19.1 Å². The quantitative estimate of drug-likeness (QED) is 0.628. The average Bonchev–Trinajstić information content (AvgIpc) is 2.66. The van der Waals surface area contributed by atoms with E-state index in [4.69, 9.17) is 9.47 Å². The van der Waals surface area contributed by atoms with Gasteiger partial charge in [0.2, 0.25) is 5.91 Å². The first-order valence-electron chi connectivity index (χ1n) is 8.61. The molecule has 7 nitrogen and oxygen atoms in total. The van der Waals surface area contributed by atoms with Gasteiger partial charge in [-0.2, -0.15) is 5.10 Å². The van der Waals surface area contributed by atoms with Gasteiger partial charge in [0, 0.05) is 23.0 Å². The predicted molar refractivity (Wildman–Crippen MR) is 102 cm³/mol. The minimum atomic E-state index is -0.306. The van der Waals surface area contributed by atoms with Gasteiger partial charge < -0.3 is 14.8 Å². The zero-order chi connectivity index (χ0) is 19.2. The van der Waals surface area contributed by atoms with E-state index in [0.29, 0.717) is 41.7 Å². The third-order valence-corrected chi connectivity index (χ3v) is 3.98. The van der Waals surface area contributed by atoms with Crippen molar-refractivity contribution in [3.05, 3.63) is 53.6 Å². The third-order valence-electron chi connectivity index (χ3n) is 3.98. The number of carbonyl (C=O) groups is 2. The number of ether oxygens (including phenoxy) is 2. The Kier molecular flexibility index (Phi) is 5.71. The highest BCUT2D eigenvalue weighted by Gasteiger charge is 2.13. The molecule has 0 aliphatic carbocycles. The van der Waals surface area contributed by atoms with Crippen molar-refractivity contribution in [2.24, 2.45) is 5.10 Å². The number of aryl methyl sites for hydroxylation is 1. The van der Waals surface area contributed by atoms with Crippen molar-refractivity contribution in [3.63, 3.8) is 0 Å². The Balaban J connectivity index is 1.55. The van der Waals surface area contributed by atoms with Crippen LogP contribution in [0.3, 0.4) is 0 Å². The molecule has 2 amide bonds. The minimum absolute atomic E-state index is 0.0580. The summed E-state index contributed by atoms with van der Waals surface area (Å²) in [7, 11) is 0. The monoisotopic (exact) mass is 367 g/mol. The summed E-state index contributed by atoms with van der Waals surface area (Å²) in [4.78, 5) is 24.3. The number of rotatable bonds is 5. The predicted octanol–water partition coefficient (Wildman–Crippen LogP) is 2.90. The molecule has 0 saturated carbocycles. The fourth-order valence-electron chi connectivity index (χ4n) is 2.63. The standard InChI is InChI=1S/C20H21N3O4/c1-13-5-3-4-6-16(13)20(25)23-22-14(2)11-19(24)21-15-7-8-17-18(12-15)27-10-9-26-17/h3-8,12H,9-11H2,1-2H3,(H,21,24)(H,23,25)/b22-14+. The number of hydrazone groups is 1. The molecule has 0 radical (unpaired) electrons. The Morgan fingerprint density at radius 2 is 1.81 bits per heavy atom. The lowest BCUT2D eigenvalue weighted by Gasteiger charge is -2.19. The highest BCUT2D eigenvalue weighted by Crippen LogP contribution is 2.32. The van der Waals surface area contributed by atoms with Crippen molar-refractivity contribution in [1.29, 1.82) is 0 Å². The van der Waals surface area contributed by atoms with Crippen LogP contribution in [0, 0.1) is 6.92 Å². The van der Waals surface area contributed by atoms with E-state index in [-0.39, 0.29) is 18.2 Å². The topological polar surface area (TPSA) is 89.0 Å². The van der Waals surface area contributed by atoms with Crippen molar-refractivity contribution >= 4 is 23.2 Å². The van der Waals surface area contributed by atoms with E-state index in [2.05, 4.69) is 15.8 Å². The number of benzene rings is 2. The van der Waals surface area contributed by atoms with E-state index < -0.39 is 0 Å². The Hall–Kier alpha value is -3.35. The van der Waals surface area contributed by atoms with Crippen molar-refractivity contribution in [2.45, 2.75) is 20.3 Å². The molecule has 2 aromatic carbocycles. The molecule has 0 bridgehead atoms. The Morgan fingerprint density at radius 1 is 1.07 bits per heavy atom. The van der Waals surface area contributed by atoms with Gasteiger partial charge in [0.15, 0.2) is 11.5 Å². The van der Waals surface area contributed by atoms with Crippen LogP contribution in [0.4, 0.5) is 5.69 Å². The van der Waals surface area contributed by atoms with Gasteiger partial charge in [-0.15, -0.1) is 0 Å². The number of carbonyl (C=O) groups excluding carboxylic acids is 2. The third kappa shape index (κ3) is 4.84. The molecule has 0 fully saturated rings. The van der Waals surface area contributed by atoms with E-state index in [0.717, 1.165) is 5.56 Å². The van der Waals surface area contributed by atoms with Crippen molar-refractivity contribution in [1.82, 2.24) is 5.43 Å². The largest absolute Gasteiger partial charge is 0.486 e. The summed E-state index contributed by atoms with van der Waals surface area (Å²) < 4.78 is 10.9. The van der Waals surface area contributed by atoms with E-state index in [9.17, 15) is 9.59 Å². The van der Waals surface area contributed by atoms with Crippen LogP contribution >= 0.6 is 0 Å². The molecule has 0 saturated heterocycles. The SMILES string of the molecule is C/C(CC(=O)Nc1ccc2c(c1)OCCO2)=N\NC(=O)c1ccccc1C. The average molecular weight is 367 g/mol. The Labute approximate surface area is 157 Å². The molecular weight excluding hydrogens is 346 g/mol. The summed E-state index contributed by atoms with van der Waals surface area (Å²) in [6.45, 7) is 4.53. The smallest absolute Gasteiger partial charge is 0.271 e. The fourth-order valence-corrected chi connectivity index (χ4v) is 2.63. The van der Waals surface area contributed by atoms with Crippen LogP contribution in [-0.4, -0.2) is 30.7 Å². The van der Waals surface area contributed by atoms with Gasteiger partial charge in [0.25, 0.3) is 5.91 Å². The number of fused-ring (bicyclic) bond motifs is 1. The number of hydrogen-bond acceptors (Lipinski definition) is 5. The van der Waals surface area contributed by atoms with Gasteiger partial charge in [0.1, 0.15) is 13.2 Å². The second kappa shape index (κ2) is 8.35. The maximum Gasteiger partial charge on any atom is 0.271 e. The van der Waals surface area contributed by atoms with Crippen LogP contribution < -0.4 is 20.2 Å². The second-order valence-electron chi connectivity index (χ2n) is 6.19.